The van der Waals surface area contributed by atoms with Gasteiger partial charge in [0.2, 0.25) is 0 Å². The molecule has 1 atom stereocenters. The van der Waals surface area contributed by atoms with E-state index in [1.807, 2.05) is 0 Å². The lowest BCUT2D eigenvalue weighted by atomic mass is 9.98. The van der Waals surface area contributed by atoms with E-state index in [1.54, 1.807) is 6.92 Å². The van der Waals surface area contributed by atoms with Crippen molar-refractivity contribution in [2.75, 3.05) is 20.3 Å². The predicted molar refractivity (Wildman–Crippen MR) is 60.0 cm³/mol. The van der Waals surface area contributed by atoms with Gasteiger partial charge in [0, 0.05) is 19.6 Å². The van der Waals surface area contributed by atoms with Crippen LogP contribution in [0.2, 0.25) is 0 Å². The van der Waals surface area contributed by atoms with Crippen molar-refractivity contribution in [1.82, 2.24) is 0 Å². The summed E-state index contributed by atoms with van der Waals surface area (Å²) < 4.78 is 44.9. The van der Waals surface area contributed by atoms with Gasteiger partial charge in [-0.15, -0.1) is 0 Å². The number of rotatable bonds is 8. The van der Waals surface area contributed by atoms with Gasteiger partial charge in [-0.05, 0) is 26.2 Å². The van der Waals surface area contributed by atoms with Gasteiger partial charge in [0.15, 0.2) is 0 Å². The number of ether oxygens (including phenoxy) is 2. The molecule has 0 bridgehead atoms. The fourth-order valence-corrected chi connectivity index (χ4v) is 1.35. The number of alkyl halides is 3. The maximum atomic E-state index is 11.8. The molecule has 0 spiro atoms. The van der Waals surface area contributed by atoms with E-state index in [2.05, 4.69) is 4.74 Å². The summed E-state index contributed by atoms with van der Waals surface area (Å²) in [6, 6.07) is 0. The molecular formula is C11H20F3NO3. The fraction of sp³-hybridized carbons (Fsp3) is 0.909. The van der Waals surface area contributed by atoms with Crippen molar-refractivity contribution >= 4 is 5.97 Å². The number of hydrogen-bond acceptors (Lipinski definition) is 4. The van der Waals surface area contributed by atoms with E-state index in [9.17, 15) is 18.0 Å². The Bertz CT molecular complexity index is 254. The van der Waals surface area contributed by atoms with Crippen LogP contribution in [0.25, 0.3) is 0 Å². The van der Waals surface area contributed by atoms with Crippen LogP contribution < -0.4 is 5.73 Å². The van der Waals surface area contributed by atoms with Crippen molar-refractivity contribution < 1.29 is 27.4 Å². The van der Waals surface area contributed by atoms with E-state index in [0.29, 0.717) is 12.8 Å². The molecule has 1 unspecified atom stereocenters. The first-order valence-electron chi connectivity index (χ1n) is 5.71. The summed E-state index contributed by atoms with van der Waals surface area (Å²) in [6.07, 6.45) is -4.18. The molecule has 0 rings (SSSR count). The number of methoxy groups -OCH3 is 1. The molecule has 0 aliphatic carbocycles. The summed E-state index contributed by atoms with van der Waals surface area (Å²) in [7, 11) is 1.25. The lowest BCUT2D eigenvalue weighted by molar-refractivity contribution is -0.147. The van der Waals surface area contributed by atoms with Crippen LogP contribution in [0.15, 0.2) is 0 Å². The van der Waals surface area contributed by atoms with Crippen LogP contribution in [0.5, 0.6) is 0 Å². The fourth-order valence-electron chi connectivity index (χ4n) is 1.35. The van der Waals surface area contributed by atoms with Crippen molar-refractivity contribution in [3.8, 4) is 0 Å². The molecule has 0 aromatic carbocycles. The maximum Gasteiger partial charge on any atom is 0.389 e. The molecule has 0 saturated heterocycles. The summed E-state index contributed by atoms with van der Waals surface area (Å²) in [6.45, 7) is 1.88. The number of carbonyl (C=O) groups excluding carboxylic acids is 1. The lowest BCUT2D eigenvalue weighted by Crippen LogP contribution is -2.45. The number of nitrogens with two attached hydrogens (primary N) is 1. The molecule has 0 amide bonds. The van der Waals surface area contributed by atoms with E-state index < -0.39 is 24.1 Å². The number of hydrogen-bond donors (Lipinski definition) is 1. The first-order valence-corrected chi connectivity index (χ1v) is 5.71. The first-order chi connectivity index (χ1) is 8.19. The van der Waals surface area contributed by atoms with E-state index in [-0.39, 0.29) is 19.6 Å². The minimum absolute atomic E-state index is 0.0546. The van der Waals surface area contributed by atoms with Crippen molar-refractivity contribution in [3.05, 3.63) is 0 Å². The summed E-state index contributed by atoms with van der Waals surface area (Å²) in [4.78, 5) is 11.2. The molecule has 2 N–H and O–H groups in total. The Morgan fingerprint density at radius 1 is 1.17 bits per heavy atom. The number of halogens is 3. The molecule has 0 aliphatic rings. The Labute approximate surface area is 105 Å². The Kier molecular flexibility index (Phi) is 7.23. The number of esters is 1. The highest BCUT2D eigenvalue weighted by atomic mass is 19.4. The van der Waals surface area contributed by atoms with Crippen molar-refractivity contribution in [2.24, 2.45) is 5.73 Å². The zero-order valence-corrected chi connectivity index (χ0v) is 10.7. The smallest absolute Gasteiger partial charge is 0.389 e. The third-order valence-corrected chi connectivity index (χ3v) is 2.39. The van der Waals surface area contributed by atoms with Gasteiger partial charge in [-0.25, -0.2) is 0 Å². The average Bonchev–Trinajstić information content (AvgIpc) is 2.25. The minimum atomic E-state index is -4.13. The predicted octanol–water partition coefficient (Wildman–Crippen LogP) is 2.02. The lowest BCUT2D eigenvalue weighted by Gasteiger charge is -2.21. The highest BCUT2D eigenvalue weighted by molar-refractivity contribution is 5.79. The van der Waals surface area contributed by atoms with Gasteiger partial charge in [0.05, 0.1) is 7.11 Å². The third kappa shape index (κ3) is 8.30. The number of carbonyl (C=O) groups is 1. The van der Waals surface area contributed by atoms with Crippen LogP contribution in [0.3, 0.4) is 0 Å². The van der Waals surface area contributed by atoms with Crippen LogP contribution in [-0.2, 0) is 14.3 Å². The maximum absolute atomic E-state index is 11.8. The van der Waals surface area contributed by atoms with Gasteiger partial charge in [-0.1, -0.05) is 0 Å². The third-order valence-electron chi connectivity index (χ3n) is 2.39. The standard InChI is InChI=1S/C11H20F3NO3/c1-10(15,9(16)17-2)5-3-7-18-8-4-6-11(12,13)14/h3-8,15H2,1-2H3. The zero-order valence-electron chi connectivity index (χ0n) is 10.7. The van der Waals surface area contributed by atoms with Crippen LogP contribution in [0.4, 0.5) is 13.2 Å². The Balaban J connectivity index is 3.54. The second-order valence-corrected chi connectivity index (χ2v) is 4.34. The molecule has 108 valence electrons. The van der Waals surface area contributed by atoms with Gasteiger partial charge in [-0.2, -0.15) is 13.2 Å². The molecule has 0 heterocycles. The van der Waals surface area contributed by atoms with Gasteiger partial charge < -0.3 is 15.2 Å². The molecular weight excluding hydrogens is 251 g/mol. The van der Waals surface area contributed by atoms with Crippen molar-refractivity contribution in [1.29, 1.82) is 0 Å². The SMILES string of the molecule is COC(=O)C(C)(N)CCCOCCCC(F)(F)F. The van der Waals surface area contributed by atoms with Gasteiger partial charge in [0.1, 0.15) is 5.54 Å². The monoisotopic (exact) mass is 271 g/mol. The highest BCUT2D eigenvalue weighted by Gasteiger charge is 2.28. The molecule has 0 aromatic rings. The molecule has 0 saturated carbocycles. The van der Waals surface area contributed by atoms with Gasteiger partial charge in [0.25, 0.3) is 0 Å². The molecule has 4 nitrogen and oxygen atoms in total. The minimum Gasteiger partial charge on any atom is -0.468 e. The summed E-state index contributed by atoms with van der Waals surface area (Å²) in [5.41, 5.74) is 4.61. The molecule has 0 fully saturated rings. The van der Waals surface area contributed by atoms with E-state index in [4.69, 9.17) is 10.5 Å². The second-order valence-electron chi connectivity index (χ2n) is 4.34. The Morgan fingerprint density at radius 2 is 1.67 bits per heavy atom. The van der Waals surface area contributed by atoms with Crippen LogP contribution in [-0.4, -0.2) is 38.0 Å². The van der Waals surface area contributed by atoms with Crippen molar-refractivity contribution in [2.45, 2.75) is 44.3 Å². The summed E-state index contributed by atoms with van der Waals surface area (Å²) >= 11 is 0. The van der Waals surface area contributed by atoms with Crippen molar-refractivity contribution in [3.63, 3.8) is 0 Å². The van der Waals surface area contributed by atoms with Crippen LogP contribution in [0.1, 0.15) is 32.6 Å². The molecule has 7 heteroatoms. The van der Waals surface area contributed by atoms with Gasteiger partial charge in [-0.3, -0.25) is 4.79 Å². The Morgan fingerprint density at radius 3 is 2.11 bits per heavy atom. The second kappa shape index (κ2) is 7.58. The molecule has 0 aromatic heterocycles. The van der Waals surface area contributed by atoms with Crippen LogP contribution in [0, 0.1) is 0 Å². The van der Waals surface area contributed by atoms with E-state index >= 15 is 0 Å². The molecule has 0 radical (unpaired) electrons. The van der Waals surface area contributed by atoms with E-state index in [0.717, 1.165) is 0 Å². The molecule has 18 heavy (non-hydrogen) atoms. The van der Waals surface area contributed by atoms with E-state index in [1.165, 1.54) is 7.11 Å². The zero-order chi connectivity index (χ0) is 14.2. The Hall–Kier alpha value is -0.820. The average molecular weight is 271 g/mol. The van der Waals surface area contributed by atoms with Gasteiger partial charge >= 0.3 is 12.1 Å². The largest absolute Gasteiger partial charge is 0.468 e. The quantitative estimate of drug-likeness (QED) is 0.542. The summed E-state index contributed by atoms with van der Waals surface area (Å²) in [5.74, 6) is -0.514. The normalized spacial score (nSPS) is 15.2. The highest BCUT2D eigenvalue weighted by Crippen LogP contribution is 2.21. The first kappa shape index (κ1) is 17.2. The topological polar surface area (TPSA) is 61.5 Å². The summed E-state index contributed by atoms with van der Waals surface area (Å²) in [5, 5.41) is 0. The molecule has 0 aliphatic heterocycles. The van der Waals surface area contributed by atoms with Crippen LogP contribution >= 0.6 is 0 Å².